The van der Waals surface area contributed by atoms with Crippen LogP contribution in [-0.2, 0) is 4.74 Å². The molecule has 1 fully saturated rings. The predicted octanol–water partition coefficient (Wildman–Crippen LogP) is -0.882. The summed E-state index contributed by atoms with van der Waals surface area (Å²) in [4.78, 5) is 15.0. The van der Waals surface area contributed by atoms with Crippen molar-refractivity contribution in [3.63, 3.8) is 0 Å². The lowest BCUT2D eigenvalue weighted by molar-refractivity contribution is -0.0146. The molecule has 1 aliphatic heterocycles. The Morgan fingerprint density at radius 1 is 1.50 bits per heavy atom. The predicted molar refractivity (Wildman–Crippen MR) is 61.4 cm³/mol. The number of aromatic amines is 1. The van der Waals surface area contributed by atoms with Gasteiger partial charge in [0.05, 0.1) is 18.8 Å². The van der Waals surface area contributed by atoms with Gasteiger partial charge >= 0.3 is 0 Å². The number of nitrogens with zero attached hydrogens (tertiary/aromatic N) is 3. The van der Waals surface area contributed by atoms with Crippen molar-refractivity contribution in [1.29, 1.82) is 0 Å². The van der Waals surface area contributed by atoms with Crippen molar-refractivity contribution in [3.8, 4) is 0 Å². The minimum atomic E-state index is -0.711. The van der Waals surface area contributed by atoms with E-state index in [1.807, 2.05) is 0 Å². The van der Waals surface area contributed by atoms with Crippen LogP contribution in [0.1, 0.15) is 18.3 Å². The fraction of sp³-hybridized carbons (Fsp3) is 0.500. The van der Waals surface area contributed by atoms with Gasteiger partial charge in [0.1, 0.15) is 23.8 Å². The van der Waals surface area contributed by atoms with Crippen molar-refractivity contribution in [2.75, 3.05) is 12.3 Å². The van der Waals surface area contributed by atoms with Crippen LogP contribution in [0.4, 0.5) is 5.82 Å². The molecule has 0 radical (unpaired) electrons. The van der Waals surface area contributed by atoms with Crippen LogP contribution >= 0.6 is 0 Å². The second-order valence-corrected chi connectivity index (χ2v) is 4.24. The lowest BCUT2D eigenvalue weighted by Crippen LogP contribution is -2.13. The molecule has 3 atom stereocenters. The summed E-state index contributed by atoms with van der Waals surface area (Å²) < 4.78 is 5.50. The maximum absolute atomic E-state index is 9.87. The second kappa shape index (κ2) is 4.16. The van der Waals surface area contributed by atoms with E-state index < -0.39 is 12.2 Å². The zero-order valence-electron chi connectivity index (χ0n) is 9.45. The summed E-state index contributed by atoms with van der Waals surface area (Å²) in [7, 11) is 0. The first-order valence-electron chi connectivity index (χ1n) is 5.59. The number of nitrogens with two attached hydrogens (primary N) is 1. The van der Waals surface area contributed by atoms with Gasteiger partial charge in [-0.15, -0.1) is 0 Å². The number of anilines is 1. The van der Waals surface area contributed by atoms with Crippen LogP contribution < -0.4 is 5.73 Å². The molecule has 8 heteroatoms. The normalized spacial score (nSPS) is 28.0. The minimum absolute atomic E-state index is 0.129. The highest BCUT2D eigenvalue weighted by Crippen LogP contribution is 2.32. The number of aliphatic hydroxyl groups excluding tert-OH is 2. The van der Waals surface area contributed by atoms with Crippen LogP contribution in [0.3, 0.4) is 0 Å². The van der Waals surface area contributed by atoms with E-state index in [1.165, 1.54) is 6.33 Å². The highest BCUT2D eigenvalue weighted by Gasteiger charge is 2.36. The Kier molecular flexibility index (Phi) is 2.62. The molecule has 0 spiro atoms. The third kappa shape index (κ3) is 1.70. The van der Waals surface area contributed by atoms with Gasteiger partial charge in [0.2, 0.25) is 0 Å². The third-order valence-electron chi connectivity index (χ3n) is 3.00. The molecule has 2 aromatic heterocycles. The van der Waals surface area contributed by atoms with Gasteiger partial charge in [-0.1, -0.05) is 0 Å². The molecule has 0 aromatic carbocycles. The number of H-pyrrole nitrogens is 1. The van der Waals surface area contributed by atoms with Gasteiger partial charge in [-0.25, -0.2) is 15.0 Å². The lowest BCUT2D eigenvalue weighted by atomic mass is 10.1. The van der Waals surface area contributed by atoms with Crippen molar-refractivity contribution in [2.45, 2.75) is 24.7 Å². The SMILES string of the molecule is Nc1ncnc2nc([C@@H]3O[C@H](CO)C[C@H]3O)[nH]c12. The number of rotatable bonds is 2. The first kappa shape index (κ1) is 11.3. The Hall–Kier alpha value is -1.77. The van der Waals surface area contributed by atoms with Crippen molar-refractivity contribution in [1.82, 2.24) is 19.9 Å². The number of aliphatic hydroxyl groups is 2. The zero-order chi connectivity index (χ0) is 12.7. The Morgan fingerprint density at radius 2 is 2.33 bits per heavy atom. The van der Waals surface area contributed by atoms with Crippen molar-refractivity contribution < 1.29 is 14.9 Å². The number of imidazole rings is 1. The Balaban J connectivity index is 1.97. The zero-order valence-corrected chi connectivity index (χ0v) is 9.45. The molecule has 1 aliphatic rings. The summed E-state index contributed by atoms with van der Waals surface area (Å²) in [6, 6.07) is 0. The summed E-state index contributed by atoms with van der Waals surface area (Å²) >= 11 is 0. The number of nitrogen functional groups attached to an aromatic ring is 1. The molecule has 0 saturated carbocycles. The van der Waals surface area contributed by atoms with Crippen LogP contribution in [0, 0.1) is 0 Å². The number of hydrogen-bond acceptors (Lipinski definition) is 7. The summed E-state index contributed by atoms with van der Waals surface area (Å²) in [5, 5.41) is 18.9. The van der Waals surface area contributed by atoms with Crippen molar-refractivity contribution in [3.05, 3.63) is 12.2 Å². The molecule has 2 aromatic rings. The molecule has 5 N–H and O–H groups in total. The first-order valence-corrected chi connectivity index (χ1v) is 5.59. The van der Waals surface area contributed by atoms with Gasteiger partial charge in [0.25, 0.3) is 0 Å². The molecular weight excluding hydrogens is 238 g/mol. The maximum atomic E-state index is 9.87. The quantitative estimate of drug-likeness (QED) is 0.545. The maximum Gasteiger partial charge on any atom is 0.183 e. The molecule has 96 valence electrons. The van der Waals surface area contributed by atoms with Gasteiger partial charge in [-0.2, -0.15) is 0 Å². The fourth-order valence-electron chi connectivity index (χ4n) is 2.11. The van der Waals surface area contributed by atoms with E-state index in [0.29, 0.717) is 29.2 Å². The van der Waals surface area contributed by atoms with E-state index in [0.717, 1.165) is 0 Å². The van der Waals surface area contributed by atoms with Gasteiger partial charge < -0.3 is 25.7 Å². The molecule has 3 heterocycles. The number of aromatic nitrogens is 4. The van der Waals surface area contributed by atoms with E-state index in [-0.39, 0.29) is 12.7 Å². The molecule has 3 rings (SSSR count). The van der Waals surface area contributed by atoms with E-state index >= 15 is 0 Å². The monoisotopic (exact) mass is 251 g/mol. The molecule has 0 unspecified atom stereocenters. The van der Waals surface area contributed by atoms with E-state index in [1.54, 1.807) is 0 Å². The lowest BCUT2D eigenvalue weighted by Gasteiger charge is -2.10. The largest absolute Gasteiger partial charge is 0.394 e. The number of hydrogen-bond donors (Lipinski definition) is 4. The van der Waals surface area contributed by atoms with Gasteiger partial charge in [0.15, 0.2) is 11.5 Å². The highest BCUT2D eigenvalue weighted by atomic mass is 16.5. The molecule has 0 aliphatic carbocycles. The molecule has 0 bridgehead atoms. The van der Waals surface area contributed by atoms with E-state index in [2.05, 4.69) is 19.9 Å². The number of fused-ring (bicyclic) bond motifs is 1. The first-order chi connectivity index (χ1) is 8.69. The highest BCUT2D eigenvalue weighted by molar-refractivity contribution is 5.81. The molecule has 18 heavy (non-hydrogen) atoms. The topological polar surface area (TPSA) is 130 Å². The van der Waals surface area contributed by atoms with E-state index in [9.17, 15) is 5.11 Å². The van der Waals surface area contributed by atoms with E-state index in [4.69, 9.17) is 15.6 Å². The second-order valence-electron chi connectivity index (χ2n) is 4.24. The summed E-state index contributed by atoms with van der Waals surface area (Å²) in [6.07, 6.45) is 0.0127. The Morgan fingerprint density at radius 3 is 3.00 bits per heavy atom. The fourth-order valence-corrected chi connectivity index (χ4v) is 2.11. The van der Waals surface area contributed by atoms with Crippen molar-refractivity contribution >= 4 is 17.0 Å². The average Bonchev–Trinajstić information content (AvgIpc) is 2.93. The molecule has 8 nitrogen and oxygen atoms in total. The van der Waals surface area contributed by atoms with Crippen LogP contribution in [0.25, 0.3) is 11.2 Å². The minimum Gasteiger partial charge on any atom is -0.394 e. The van der Waals surface area contributed by atoms with Crippen LogP contribution in [0.2, 0.25) is 0 Å². The Labute approximate surface area is 102 Å². The Bertz CT molecular complexity index is 572. The van der Waals surface area contributed by atoms with Gasteiger partial charge in [0, 0.05) is 6.42 Å². The summed E-state index contributed by atoms with van der Waals surface area (Å²) in [6.45, 7) is -0.129. The van der Waals surface area contributed by atoms with Crippen LogP contribution in [0.15, 0.2) is 6.33 Å². The number of nitrogens with one attached hydrogen (secondary N) is 1. The standard InChI is InChI=1S/C10H13N5O3/c11-8-6-9(13-3-12-8)15-10(14-6)7-5(17)1-4(2-16)18-7/h3-5,7,16-17H,1-2H2,(H3,11,12,13,14,15)/t4-,5+,7+/m0/s1. The third-order valence-corrected chi connectivity index (χ3v) is 3.00. The van der Waals surface area contributed by atoms with Crippen LogP contribution in [-0.4, -0.2) is 49.0 Å². The smallest absolute Gasteiger partial charge is 0.183 e. The summed E-state index contributed by atoms with van der Waals surface area (Å²) in [5.74, 6) is 0.741. The molecule has 1 saturated heterocycles. The molecule has 0 amide bonds. The van der Waals surface area contributed by atoms with Crippen LogP contribution in [0.5, 0.6) is 0 Å². The summed E-state index contributed by atoms with van der Waals surface area (Å²) in [5.41, 5.74) is 6.65. The van der Waals surface area contributed by atoms with Gasteiger partial charge in [-0.05, 0) is 0 Å². The average molecular weight is 251 g/mol. The van der Waals surface area contributed by atoms with Crippen molar-refractivity contribution in [2.24, 2.45) is 0 Å². The molecular formula is C10H13N5O3. The number of ether oxygens (including phenoxy) is 1. The van der Waals surface area contributed by atoms with Gasteiger partial charge in [-0.3, -0.25) is 0 Å².